The average molecular weight is 690 g/mol. The maximum atomic E-state index is 15.8. The summed E-state index contributed by atoms with van der Waals surface area (Å²) in [5.74, 6) is 0.0765. The lowest BCUT2D eigenvalue weighted by atomic mass is 9.82. The van der Waals surface area contributed by atoms with Crippen molar-refractivity contribution in [2.75, 3.05) is 36.2 Å². The number of carbonyl (C=O) groups is 2. The molecule has 0 radical (unpaired) electrons. The highest BCUT2D eigenvalue weighted by Gasteiger charge is 2.66. The van der Waals surface area contributed by atoms with Gasteiger partial charge in [-0.15, -0.1) is 0 Å². The maximum absolute atomic E-state index is 15.8. The lowest BCUT2D eigenvalue weighted by Crippen LogP contribution is -2.49. The number of carbonyl (C=O) groups excluding carboxylic acids is 2. The van der Waals surface area contributed by atoms with Crippen LogP contribution in [-0.4, -0.2) is 68.9 Å². The van der Waals surface area contributed by atoms with Gasteiger partial charge in [0.25, 0.3) is 5.91 Å². The highest BCUT2D eigenvalue weighted by molar-refractivity contribution is 6.72. The molecule has 3 aromatic rings. The lowest BCUT2D eigenvalue weighted by Gasteiger charge is -2.35. The second-order valence-corrected chi connectivity index (χ2v) is 17.7. The molecular weight excluding hydrogens is 642 g/mol. The third-order valence-corrected chi connectivity index (χ3v) is 12.8. The molecule has 3 N–H and O–H groups in total. The summed E-state index contributed by atoms with van der Waals surface area (Å²) < 4.78 is 28.2. The van der Waals surface area contributed by atoms with E-state index in [2.05, 4.69) is 5.32 Å². The van der Waals surface area contributed by atoms with Crippen molar-refractivity contribution >= 4 is 37.3 Å². The van der Waals surface area contributed by atoms with E-state index in [0.717, 1.165) is 40.2 Å². The van der Waals surface area contributed by atoms with Crippen LogP contribution in [-0.2, 0) is 32.9 Å². The van der Waals surface area contributed by atoms with Gasteiger partial charge >= 0.3 is 0 Å². The Balaban J connectivity index is 1.28. The molecule has 0 saturated carbocycles. The summed E-state index contributed by atoms with van der Waals surface area (Å²) in [7, 11) is -3.27. The van der Waals surface area contributed by atoms with E-state index in [1.807, 2.05) is 80.6 Å². The normalized spacial score (nSPS) is 24.9. The first kappa shape index (κ1) is 35.2. The first-order chi connectivity index (χ1) is 23.5. The number of hydrogen-bond donors (Lipinski definition) is 3. The molecule has 49 heavy (non-hydrogen) atoms. The van der Waals surface area contributed by atoms with Crippen LogP contribution in [0.4, 0.5) is 21.2 Å². The molecule has 3 heterocycles. The zero-order valence-corrected chi connectivity index (χ0v) is 29.8. The van der Waals surface area contributed by atoms with Gasteiger partial charge < -0.3 is 34.0 Å². The van der Waals surface area contributed by atoms with Crippen LogP contribution < -0.4 is 19.9 Å². The molecule has 262 valence electrons. The molecule has 3 aliphatic heterocycles. The Kier molecular flexibility index (Phi) is 10.3. The predicted octanol–water partition coefficient (Wildman–Crippen LogP) is 5.74. The van der Waals surface area contributed by atoms with Crippen LogP contribution in [0.15, 0.2) is 66.7 Å². The first-order valence-corrected chi connectivity index (χ1v) is 20.4. The molecule has 5 atom stereocenters. The van der Waals surface area contributed by atoms with Gasteiger partial charge in [-0.1, -0.05) is 37.3 Å². The SMILES string of the molecule is CCOc1ccc2c(c1)CC(NCCCCO)C(=O)N2c1ccc(CN2C(=O)[C@]3(O[C@H](CCO)[C@@H]([Si](C)(C)F)[C@@H]3C)c3ccccc32)cc1. The molecule has 1 unspecified atom stereocenters. The molecule has 9 nitrogen and oxygen atoms in total. The van der Waals surface area contributed by atoms with Gasteiger partial charge in [-0.25, -0.2) is 0 Å². The third-order valence-electron chi connectivity index (χ3n) is 10.3. The van der Waals surface area contributed by atoms with Crippen LogP contribution >= 0.6 is 0 Å². The van der Waals surface area contributed by atoms with E-state index in [1.165, 1.54) is 0 Å². The Hall–Kier alpha value is -3.61. The smallest absolute Gasteiger partial charge is 0.264 e. The van der Waals surface area contributed by atoms with E-state index >= 15 is 4.11 Å². The molecule has 3 aromatic carbocycles. The Bertz CT molecular complexity index is 1670. The Labute approximate surface area is 289 Å². The number of nitrogens with zero attached hydrogens (tertiary/aromatic N) is 2. The summed E-state index contributed by atoms with van der Waals surface area (Å²) in [5, 5.41) is 22.4. The third kappa shape index (κ3) is 6.43. The average Bonchev–Trinajstić information content (AvgIpc) is 3.50. The van der Waals surface area contributed by atoms with Gasteiger partial charge in [0.15, 0.2) is 5.60 Å². The summed E-state index contributed by atoms with van der Waals surface area (Å²) in [6.45, 7) is 8.58. The predicted molar refractivity (Wildman–Crippen MR) is 190 cm³/mol. The largest absolute Gasteiger partial charge is 0.494 e. The molecule has 2 amide bonds. The highest BCUT2D eigenvalue weighted by Crippen LogP contribution is 2.60. The zero-order chi connectivity index (χ0) is 34.9. The molecule has 0 aromatic heterocycles. The van der Waals surface area contributed by atoms with Crippen molar-refractivity contribution in [3.8, 4) is 5.75 Å². The van der Waals surface area contributed by atoms with Crippen molar-refractivity contribution in [3.05, 3.63) is 83.4 Å². The van der Waals surface area contributed by atoms with Crippen molar-refractivity contribution in [2.45, 2.75) is 82.5 Å². The number of unbranched alkanes of at least 4 members (excludes halogenated alkanes) is 1. The second-order valence-electron chi connectivity index (χ2n) is 13.9. The number of benzene rings is 3. The van der Waals surface area contributed by atoms with Gasteiger partial charge in [0.2, 0.25) is 14.3 Å². The lowest BCUT2D eigenvalue weighted by molar-refractivity contribution is -0.146. The van der Waals surface area contributed by atoms with Crippen molar-refractivity contribution in [1.82, 2.24) is 5.32 Å². The monoisotopic (exact) mass is 689 g/mol. The number of rotatable bonds is 13. The molecule has 1 fully saturated rings. The van der Waals surface area contributed by atoms with Gasteiger partial charge in [-0.2, -0.15) is 0 Å². The number of para-hydroxylation sites is 1. The van der Waals surface area contributed by atoms with Gasteiger partial charge in [-0.3, -0.25) is 14.5 Å². The number of anilines is 3. The summed E-state index contributed by atoms with van der Waals surface area (Å²) >= 11 is 0. The number of nitrogens with one attached hydrogen (secondary N) is 1. The van der Waals surface area contributed by atoms with Gasteiger partial charge in [0.1, 0.15) is 5.75 Å². The van der Waals surface area contributed by atoms with Crippen LogP contribution in [0, 0.1) is 5.92 Å². The van der Waals surface area contributed by atoms with Crippen LogP contribution in [0.1, 0.15) is 49.8 Å². The quantitative estimate of drug-likeness (QED) is 0.119. The van der Waals surface area contributed by atoms with Crippen LogP contribution in [0.2, 0.25) is 18.6 Å². The summed E-state index contributed by atoms with van der Waals surface area (Å²) in [5.41, 5.74) is 3.11. The number of amides is 2. The molecule has 1 spiro atoms. The van der Waals surface area contributed by atoms with Gasteiger partial charge in [0.05, 0.1) is 36.7 Å². The minimum absolute atomic E-state index is 0.0577. The second kappa shape index (κ2) is 14.3. The minimum atomic E-state index is -3.27. The van der Waals surface area contributed by atoms with E-state index in [4.69, 9.17) is 9.47 Å². The molecule has 3 aliphatic rings. The number of aliphatic hydroxyl groups excluding tert-OH is 2. The van der Waals surface area contributed by atoms with Crippen molar-refractivity contribution in [1.29, 1.82) is 0 Å². The molecule has 0 bridgehead atoms. The minimum Gasteiger partial charge on any atom is -0.494 e. The van der Waals surface area contributed by atoms with E-state index in [0.29, 0.717) is 31.7 Å². The fourth-order valence-electron chi connectivity index (χ4n) is 8.21. The number of fused-ring (bicyclic) bond motifs is 3. The number of ether oxygens (including phenoxy) is 2. The van der Waals surface area contributed by atoms with E-state index in [-0.39, 0.29) is 38.0 Å². The zero-order valence-electron chi connectivity index (χ0n) is 28.8. The van der Waals surface area contributed by atoms with Crippen molar-refractivity contribution in [2.24, 2.45) is 5.92 Å². The van der Waals surface area contributed by atoms with Crippen LogP contribution in [0.5, 0.6) is 5.75 Å². The van der Waals surface area contributed by atoms with Crippen molar-refractivity contribution < 1.29 is 33.4 Å². The first-order valence-electron chi connectivity index (χ1n) is 17.5. The topological polar surface area (TPSA) is 112 Å². The number of halogens is 1. The van der Waals surface area contributed by atoms with E-state index < -0.39 is 37.6 Å². The van der Waals surface area contributed by atoms with Gasteiger partial charge in [0, 0.05) is 35.9 Å². The van der Waals surface area contributed by atoms with E-state index in [9.17, 15) is 19.8 Å². The molecule has 11 heteroatoms. The fraction of sp³-hybridized carbons (Fsp3) is 0.474. The van der Waals surface area contributed by atoms with Crippen LogP contribution in [0.25, 0.3) is 0 Å². The Morgan fingerprint density at radius 3 is 2.47 bits per heavy atom. The number of hydrogen-bond acceptors (Lipinski definition) is 7. The van der Waals surface area contributed by atoms with Crippen molar-refractivity contribution in [3.63, 3.8) is 0 Å². The summed E-state index contributed by atoms with van der Waals surface area (Å²) in [4.78, 5) is 31.9. The maximum Gasteiger partial charge on any atom is 0.264 e. The molecule has 6 rings (SSSR count). The fourth-order valence-corrected chi connectivity index (χ4v) is 10.8. The van der Waals surface area contributed by atoms with E-state index in [1.54, 1.807) is 22.9 Å². The Morgan fingerprint density at radius 2 is 1.78 bits per heavy atom. The molecular formula is C38H48FN3O6Si. The summed E-state index contributed by atoms with van der Waals surface area (Å²) in [6, 6.07) is 20.6. The number of aliphatic hydroxyl groups is 2. The molecule has 0 aliphatic carbocycles. The Morgan fingerprint density at radius 1 is 1.02 bits per heavy atom. The molecule has 1 saturated heterocycles. The standard InChI is InChI=1S/C38H48FN3O6Si/c1-5-47-29-16-17-32-27(22-29)23-31(40-19-8-9-20-43)36(45)42(32)28-14-12-26(13-15-28)24-41-33-11-7-6-10-30(33)38(37(41)46)25(2)35(49(3,4)39)34(48-38)18-21-44/h6-7,10-17,22,25,31,34-35,40,43-44H,5,8-9,18-21,23-24H2,1-4H3/t25-,31?,34+,35-,38+/m0/s1. The van der Waals surface area contributed by atoms with Gasteiger partial charge in [-0.05, 0) is 99.8 Å². The van der Waals surface area contributed by atoms with Crippen LogP contribution in [0.3, 0.4) is 0 Å². The highest BCUT2D eigenvalue weighted by atomic mass is 28.4. The summed E-state index contributed by atoms with van der Waals surface area (Å²) in [6.07, 6.45) is 1.69.